The Kier molecular flexibility index (Phi) is 5.30. The van der Waals surface area contributed by atoms with E-state index in [-0.39, 0.29) is 24.4 Å². The molecular weight excluding hydrogens is 382 g/mol. The second kappa shape index (κ2) is 8.20. The fourth-order valence-electron chi connectivity index (χ4n) is 3.22. The Labute approximate surface area is 172 Å². The minimum absolute atomic E-state index is 0.158. The number of nitrogens with one attached hydrogen (secondary N) is 1. The lowest BCUT2D eigenvalue weighted by Gasteiger charge is -2.09. The Hall–Kier alpha value is -3.94. The molecule has 152 valence electrons. The number of anilines is 1. The van der Waals surface area contributed by atoms with Gasteiger partial charge in [-0.3, -0.25) is 18.8 Å². The minimum atomic E-state index is -0.205. The summed E-state index contributed by atoms with van der Waals surface area (Å²) in [6, 6.07) is 15.4. The lowest BCUT2D eigenvalue weighted by molar-refractivity contribution is -0.116. The number of hydrogen-bond donors (Lipinski definition) is 1. The molecule has 1 amide bonds. The number of fused-ring (bicyclic) bond motifs is 1. The highest BCUT2D eigenvalue weighted by Crippen LogP contribution is 2.25. The van der Waals surface area contributed by atoms with E-state index in [1.54, 1.807) is 18.8 Å². The Bertz CT molecular complexity index is 1260. The van der Waals surface area contributed by atoms with Crippen LogP contribution >= 0.6 is 0 Å². The molecule has 0 spiro atoms. The lowest BCUT2D eigenvalue weighted by atomic mass is 10.1. The molecule has 30 heavy (non-hydrogen) atoms. The van der Waals surface area contributed by atoms with E-state index < -0.39 is 0 Å². The van der Waals surface area contributed by atoms with Gasteiger partial charge in [0.15, 0.2) is 5.65 Å². The molecule has 2 heterocycles. The number of aryl methyl sites for hydroxylation is 2. The first-order chi connectivity index (χ1) is 14.5. The van der Waals surface area contributed by atoms with E-state index in [1.807, 2.05) is 48.5 Å². The van der Waals surface area contributed by atoms with Gasteiger partial charge in [0.05, 0.1) is 19.6 Å². The fourth-order valence-corrected chi connectivity index (χ4v) is 3.22. The van der Waals surface area contributed by atoms with E-state index in [2.05, 4.69) is 15.4 Å². The summed E-state index contributed by atoms with van der Waals surface area (Å²) >= 11 is 0. The second-order valence-electron chi connectivity index (χ2n) is 6.86. The first-order valence-corrected chi connectivity index (χ1v) is 9.46. The van der Waals surface area contributed by atoms with Crippen LogP contribution in [0.15, 0.2) is 65.8 Å². The van der Waals surface area contributed by atoms with Crippen LogP contribution in [-0.4, -0.2) is 32.3 Å². The molecule has 4 rings (SSSR count). The third-order valence-electron chi connectivity index (χ3n) is 4.87. The molecule has 0 aliphatic rings. The van der Waals surface area contributed by atoms with Gasteiger partial charge in [0.25, 0.3) is 5.56 Å². The van der Waals surface area contributed by atoms with Crippen molar-refractivity contribution in [3.8, 4) is 16.9 Å². The summed E-state index contributed by atoms with van der Waals surface area (Å²) in [5, 5.41) is 7.34. The fraction of sp³-hybridized carbons (Fsp3) is 0.182. The van der Waals surface area contributed by atoms with Gasteiger partial charge in [0.2, 0.25) is 5.91 Å². The van der Waals surface area contributed by atoms with Crippen molar-refractivity contribution in [2.45, 2.75) is 13.0 Å². The van der Waals surface area contributed by atoms with Crippen molar-refractivity contribution in [2.24, 2.45) is 7.05 Å². The molecule has 0 aliphatic carbocycles. The molecule has 2 aromatic carbocycles. The topological polar surface area (TPSA) is 91.0 Å². The highest BCUT2D eigenvalue weighted by atomic mass is 16.5. The molecule has 0 aliphatic heterocycles. The van der Waals surface area contributed by atoms with E-state index in [9.17, 15) is 9.59 Å². The summed E-state index contributed by atoms with van der Waals surface area (Å²) in [7, 11) is 3.36. The van der Waals surface area contributed by atoms with Crippen molar-refractivity contribution in [1.29, 1.82) is 0 Å². The average Bonchev–Trinajstić information content (AvgIpc) is 3.15. The molecule has 0 unspecified atom stereocenters. The first-order valence-electron chi connectivity index (χ1n) is 9.46. The zero-order chi connectivity index (χ0) is 21.1. The van der Waals surface area contributed by atoms with Crippen LogP contribution in [0.5, 0.6) is 5.75 Å². The highest BCUT2D eigenvalue weighted by Gasteiger charge is 2.10. The molecule has 1 N–H and O–H groups in total. The van der Waals surface area contributed by atoms with Gasteiger partial charge in [-0.1, -0.05) is 24.3 Å². The number of methoxy groups -OCH3 is 1. The van der Waals surface area contributed by atoms with Crippen molar-refractivity contribution >= 4 is 22.6 Å². The Morgan fingerprint density at radius 3 is 2.70 bits per heavy atom. The molecule has 0 radical (unpaired) electrons. The van der Waals surface area contributed by atoms with Crippen LogP contribution in [0.1, 0.15) is 6.42 Å². The van der Waals surface area contributed by atoms with Crippen molar-refractivity contribution in [3.05, 3.63) is 71.4 Å². The molecule has 0 saturated carbocycles. The van der Waals surface area contributed by atoms with Crippen molar-refractivity contribution in [2.75, 3.05) is 12.4 Å². The van der Waals surface area contributed by atoms with Crippen molar-refractivity contribution < 1.29 is 9.53 Å². The van der Waals surface area contributed by atoms with Crippen LogP contribution in [-0.2, 0) is 18.4 Å². The Morgan fingerprint density at radius 2 is 1.93 bits per heavy atom. The minimum Gasteiger partial charge on any atom is -0.497 e. The van der Waals surface area contributed by atoms with Gasteiger partial charge >= 0.3 is 0 Å². The summed E-state index contributed by atoms with van der Waals surface area (Å²) in [5.74, 6) is 0.612. The molecule has 0 saturated heterocycles. The van der Waals surface area contributed by atoms with Gasteiger partial charge in [-0.05, 0) is 35.4 Å². The van der Waals surface area contributed by atoms with Crippen LogP contribution in [0.25, 0.3) is 22.2 Å². The Balaban J connectivity index is 1.39. The smallest absolute Gasteiger partial charge is 0.264 e. The van der Waals surface area contributed by atoms with Crippen LogP contribution < -0.4 is 15.6 Å². The third kappa shape index (κ3) is 3.93. The standard InChI is InChI=1S/C22H21N5O3/c1-26-21-19(13-24-26)22(29)27(14-23-21)11-10-20(28)25-17-8-6-15(7-9-17)16-4-3-5-18(12-16)30-2/h3-9,12-14H,10-11H2,1-2H3,(H,25,28). The summed E-state index contributed by atoms with van der Waals surface area (Å²) in [6.45, 7) is 0.240. The monoisotopic (exact) mass is 403 g/mol. The number of benzene rings is 2. The molecular formula is C22H21N5O3. The van der Waals surface area contributed by atoms with Crippen LogP contribution in [0, 0.1) is 0 Å². The lowest BCUT2D eigenvalue weighted by Crippen LogP contribution is -2.23. The van der Waals surface area contributed by atoms with E-state index >= 15 is 0 Å². The molecule has 4 aromatic rings. The largest absolute Gasteiger partial charge is 0.497 e. The Morgan fingerprint density at radius 1 is 1.13 bits per heavy atom. The maximum absolute atomic E-state index is 12.5. The summed E-state index contributed by atoms with van der Waals surface area (Å²) in [6.07, 6.45) is 3.10. The molecule has 0 bridgehead atoms. The van der Waals surface area contributed by atoms with Gasteiger partial charge in [0.1, 0.15) is 11.1 Å². The van der Waals surface area contributed by atoms with Crippen LogP contribution in [0.3, 0.4) is 0 Å². The molecule has 2 aromatic heterocycles. The van der Waals surface area contributed by atoms with Gasteiger partial charge in [-0.25, -0.2) is 4.98 Å². The number of amides is 1. The zero-order valence-corrected chi connectivity index (χ0v) is 16.7. The normalized spacial score (nSPS) is 10.9. The van der Waals surface area contributed by atoms with Crippen molar-refractivity contribution in [1.82, 2.24) is 19.3 Å². The number of aromatic nitrogens is 4. The second-order valence-corrected chi connectivity index (χ2v) is 6.86. The van der Waals surface area contributed by atoms with Gasteiger partial charge in [0, 0.05) is 25.7 Å². The van der Waals surface area contributed by atoms with Gasteiger partial charge < -0.3 is 10.1 Å². The quantitative estimate of drug-likeness (QED) is 0.535. The summed E-state index contributed by atoms with van der Waals surface area (Å²) in [4.78, 5) is 29.0. The number of carbonyl (C=O) groups is 1. The highest BCUT2D eigenvalue weighted by molar-refractivity contribution is 5.91. The van der Waals surface area contributed by atoms with E-state index in [0.29, 0.717) is 16.7 Å². The van der Waals surface area contributed by atoms with Gasteiger partial charge in [-0.2, -0.15) is 5.10 Å². The summed E-state index contributed by atoms with van der Waals surface area (Å²) in [5.41, 5.74) is 3.07. The first kappa shape index (κ1) is 19.4. The molecule has 0 fully saturated rings. The summed E-state index contributed by atoms with van der Waals surface area (Å²) < 4.78 is 8.23. The molecule has 0 atom stereocenters. The number of ether oxygens (including phenoxy) is 1. The number of hydrogen-bond acceptors (Lipinski definition) is 5. The zero-order valence-electron chi connectivity index (χ0n) is 16.7. The number of carbonyl (C=O) groups excluding carboxylic acids is 1. The molecule has 8 heteroatoms. The van der Waals surface area contributed by atoms with E-state index in [1.165, 1.54) is 17.1 Å². The van der Waals surface area contributed by atoms with Crippen LogP contribution in [0.4, 0.5) is 5.69 Å². The number of rotatable bonds is 6. The third-order valence-corrected chi connectivity index (χ3v) is 4.87. The predicted molar refractivity (Wildman–Crippen MR) is 114 cm³/mol. The number of nitrogens with zero attached hydrogens (tertiary/aromatic N) is 4. The van der Waals surface area contributed by atoms with Gasteiger partial charge in [-0.15, -0.1) is 0 Å². The maximum Gasteiger partial charge on any atom is 0.264 e. The SMILES string of the molecule is COc1cccc(-c2ccc(NC(=O)CCn3cnc4c(cnn4C)c3=O)cc2)c1. The average molecular weight is 403 g/mol. The van der Waals surface area contributed by atoms with Crippen molar-refractivity contribution in [3.63, 3.8) is 0 Å². The maximum atomic E-state index is 12.5. The van der Waals surface area contributed by atoms with E-state index in [0.717, 1.165) is 16.9 Å². The van der Waals surface area contributed by atoms with Crippen LogP contribution in [0.2, 0.25) is 0 Å². The predicted octanol–water partition coefficient (Wildman–Crippen LogP) is 2.83. The van der Waals surface area contributed by atoms with E-state index in [4.69, 9.17) is 4.74 Å². The molecule has 8 nitrogen and oxygen atoms in total.